The first-order chi connectivity index (χ1) is 7.88. The van der Waals surface area contributed by atoms with Gasteiger partial charge in [-0.05, 0) is 70.1 Å². The molecule has 2 unspecified atom stereocenters. The number of piperidine rings is 1. The third-order valence-corrected chi connectivity index (χ3v) is 4.43. The van der Waals surface area contributed by atoms with Crippen molar-refractivity contribution in [3.05, 3.63) is 0 Å². The van der Waals surface area contributed by atoms with Crippen LogP contribution in [0.4, 0.5) is 0 Å². The summed E-state index contributed by atoms with van der Waals surface area (Å²) in [6.07, 6.45) is 8.56. The molecule has 0 saturated carbocycles. The van der Waals surface area contributed by atoms with Crippen molar-refractivity contribution in [2.75, 3.05) is 32.7 Å². The molecule has 2 aliphatic heterocycles. The van der Waals surface area contributed by atoms with Gasteiger partial charge < -0.3 is 10.2 Å². The zero-order valence-corrected chi connectivity index (χ0v) is 10.9. The molecular formula is C14H28N2. The zero-order chi connectivity index (χ0) is 11.2. The van der Waals surface area contributed by atoms with Crippen molar-refractivity contribution < 1.29 is 0 Å². The van der Waals surface area contributed by atoms with Gasteiger partial charge in [-0.1, -0.05) is 13.3 Å². The standard InChI is InChI=1S/C14H28N2/c1-2-13-6-4-9-16(10-7-13)12-14-5-3-8-15-11-14/h13-15H,2-12H2,1H3. The molecule has 2 rings (SSSR count). The lowest BCUT2D eigenvalue weighted by Gasteiger charge is -2.29. The molecule has 2 aliphatic rings. The fraction of sp³-hybridized carbons (Fsp3) is 1.00. The molecule has 0 radical (unpaired) electrons. The highest BCUT2D eigenvalue weighted by atomic mass is 15.1. The van der Waals surface area contributed by atoms with Crippen LogP contribution in [0, 0.1) is 11.8 Å². The minimum atomic E-state index is 0.923. The number of nitrogens with one attached hydrogen (secondary N) is 1. The molecule has 0 bridgehead atoms. The van der Waals surface area contributed by atoms with Gasteiger partial charge in [0.1, 0.15) is 0 Å². The molecule has 16 heavy (non-hydrogen) atoms. The lowest BCUT2D eigenvalue weighted by molar-refractivity contribution is 0.212. The molecule has 94 valence electrons. The van der Waals surface area contributed by atoms with Crippen molar-refractivity contribution in [2.45, 2.75) is 45.4 Å². The number of hydrogen-bond acceptors (Lipinski definition) is 2. The van der Waals surface area contributed by atoms with E-state index in [1.54, 1.807) is 0 Å². The molecule has 2 heterocycles. The van der Waals surface area contributed by atoms with Gasteiger partial charge in [0.15, 0.2) is 0 Å². The second-order valence-corrected chi connectivity index (χ2v) is 5.72. The van der Waals surface area contributed by atoms with Crippen LogP contribution in [0.2, 0.25) is 0 Å². The average molecular weight is 224 g/mol. The summed E-state index contributed by atoms with van der Waals surface area (Å²) in [7, 11) is 0. The van der Waals surface area contributed by atoms with Gasteiger partial charge in [-0.15, -0.1) is 0 Å². The van der Waals surface area contributed by atoms with Crippen LogP contribution >= 0.6 is 0 Å². The highest BCUT2D eigenvalue weighted by molar-refractivity contribution is 4.75. The quantitative estimate of drug-likeness (QED) is 0.792. The Labute approximate surface area is 101 Å². The van der Waals surface area contributed by atoms with Crippen molar-refractivity contribution in [3.63, 3.8) is 0 Å². The predicted octanol–water partition coefficient (Wildman–Crippen LogP) is 2.50. The number of nitrogens with zero attached hydrogens (tertiary/aromatic N) is 1. The van der Waals surface area contributed by atoms with Crippen LogP contribution < -0.4 is 5.32 Å². The summed E-state index contributed by atoms with van der Waals surface area (Å²) in [6, 6.07) is 0. The molecule has 0 aromatic heterocycles. The number of hydrogen-bond donors (Lipinski definition) is 1. The molecular weight excluding hydrogens is 196 g/mol. The molecule has 0 aromatic rings. The second kappa shape index (κ2) is 6.61. The van der Waals surface area contributed by atoms with Gasteiger partial charge in [-0.2, -0.15) is 0 Å². The Bertz CT molecular complexity index is 187. The maximum atomic E-state index is 3.53. The Kier molecular flexibility index (Phi) is 5.11. The summed E-state index contributed by atoms with van der Waals surface area (Å²) in [5, 5.41) is 3.53. The van der Waals surface area contributed by atoms with Crippen molar-refractivity contribution >= 4 is 0 Å². The maximum Gasteiger partial charge on any atom is 0.00218 e. The van der Waals surface area contributed by atoms with E-state index in [-0.39, 0.29) is 0 Å². The summed E-state index contributed by atoms with van der Waals surface area (Å²) >= 11 is 0. The maximum absolute atomic E-state index is 3.53. The Morgan fingerprint density at radius 3 is 2.69 bits per heavy atom. The summed E-state index contributed by atoms with van der Waals surface area (Å²) in [4.78, 5) is 2.73. The molecule has 1 N–H and O–H groups in total. The number of likely N-dealkylation sites (tertiary alicyclic amines) is 1. The highest BCUT2D eigenvalue weighted by Gasteiger charge is 2.20. The van der Waals surface area contributed by atoms with E-state index in [2.05, 4.69) is 17.1 Å². The topological polar surface area (TPSA) is 15.3 Å². The Morgan fingerprint density at radius 1 is 1.06 bits per heavy atom. The van der Waals surface area contributed by atoms with Gasteiger partial charge in [0.05, 0.1) is 0 Å². The molecule has 0 aromatic carbocycles. The largest absolute Gasteiger partial charge is 0.316 e. The van der Waals surface area contributed by atoms with Gasteiger partial charge >= 0.3 is 0 Å². The first-order valence-corrected chi connectivity index (χ1v) is 7.31. The average Bonchev–Trinajstić information content (AvgIpc) is 2.56. The van der Waals surface area contributed by atoms with Crippen LogP contribution in [-0.4, -0.2) is 37.6 Å². The summed E-state index contributed by atoms with van der Waals surface area (Å²) in [5.41, 5.74) is 0. The van der Waals surface area contributed by atoms with Crippen LogP contribution in [0.25, 0.3) is 0 Å². The molecule has 0 spiro atoms. The normalized spacial score (nSPS) is 33.6. The van der Waals surface area contributed by atoms with Gasteiger partial charge in [-0.3, -0.25) is 0 Å². The lowest BCUT2D eigenvalue weighted by atomic mass is 9.98. The third-order valence-electron chi connectivity index (χ3n) is 4.43. The van der Waals surface area contributed by atoms with E-state index in [4.69, 9.17) is 0 Å². The Morgan fingerprint density at radius 2 is 1.94 bits per heavy atom. The smallest absolute Gasteiger partial charge is 0.00218 e. The Balaban J connectivity index is 1.72. The minimum Gasteiger partial charge on any atom is -0.316 e. The molecule has 2 heteroatoms. The van der Waals surface area contributed by atoms with Gasteiger partial charge in [-0.25, -0.2) is 0 Å². The van der Waals surface area contributed by atoms with E-state index < -0.39 is 0 Å². The van der Waals surface area contributed by atoms with Crippen LogP contribution in [0.3, 0.4) is 0 Å². The molecule has 2 atom stereocenters. The van der Waals surface area contributed by atoms with Crippen molar-refractivity contribution in [1.29, 1.82) is 0 Å². The van der Waals surface area contributed by atoms with E-state index in [0.29, 0.717) is 0 Å². The monoisotopic (exact) mass is 224 g/mol. The fourth-order valence-electron chi connectivity index (χ4n) is 3.26. The number of rotatable bonds is 3. The highest BCUT2D eigenvalue weighted by Crippen LogP contribution is 2.21. The minimum absolute atomic E-state index is 0.923. The van der Waals surface area contributed by atoms with E-state index in [0.717, 1.165) is 11.8 Å². The van der Waals surface area contributed by atoms with Crippen molar-refractivity contribution in [1.82, 2.24) is 10.2 Å². The van der Waals surface area contributed by atoms with E-state index in [1.807, 2.05) is 0 Å². The second-order valence-electron chi connectivity index (χ2n) is 5.72. The molecule has 0 amide bonds. The third kappa shape index (κ3) is 3.74. The van der Waals surface area contributed by atoms with Crippen LogP contribution in [0.1, 0.15) is 45.4 Å². The zero-order valence-electron chi connectivity index (χ0n) is 10.9. The van der Waals surface area contributed by atoms with Crippen molar-refractivity contribution in [2.24, 2.45) is 11.8 Å². The van der Waals surface area contributed by atoms with Gasteiger partial charge in [0.2, 0.25) is 0 Å². The lowest BCUT2D eigenvalue weighted by Crippen LogP contribution is -2.38. The van der Waals surface area contributed by atoms with Crippen LogP contribution in [0.5, 0.6) is 0 Å². The summed E-state index contributed by atoms with van der Waals surface area (Å²) in [6.45, 7) is 8.92. The summed E-state index contributed by atoms with van der Waals surface area (Å²) in [5.74, 6) is 1.93. The Hall–Kier alpha value is -0.0800. The van der Waals surface area contributed by atoms with E-state index in [1.165, 1.54) is 71.2 Å². The van der Waals surface area contributed by atoms with E-state index in [9.17, 15) is 0 Å². The van der Waals surface area contributed by atoms with Gasteiger partial charge in [0, 0.05) is 6.54 Å². The predicted molar refractivity (Wildman–Crippen MR) is 69.7 cm³/mol. The molecule has 2 saturated heterocycles. The summed E-state index contributed by atoms with van der Waals surface area (Å²) < 4.78 is 0. The fourth-order valence-corrected chi connectivity index (χ4v) is 3.26. The molecule has 2 fully saturated rings. The first kappa shape index (κ1) is 12.4. The van der Waals surface area contributed by atoms with Crippen LogP contribution in [0.15, 0.2) is 0 Å². The van der Waals surface area contributed by atoms with Gasteiger partial charge in [0.25, 0.3) is 0 Å². The SMILES string of the molecule is CCC1CCCN(CC2CCCNC2)CC1. The van der Waals surface area contributed by atoms with Crippen molar-refractivity contribution in [3.8, 4) is 0 Å². The first-order valence-electron chi connectivity index (χ1n) is 7.31. The van der Waals surface area contributed by atoms with E-state index >= 15 is 0 Å². The van der Waals surface area contributed by atoms with Crippen LogP contribution in [-0.2, 0) is 0 Å². The molecule has 2 nitrogen and oxygen atoms in total. The molecule has 0 aliphatic carbocycles.